The molecule has 1 saturated heterocycles. The Kier molecular flexibility index (Phi) is 4.07. The molecule has 0 spiro atoms. The second kappa shape index (κ2) is 5.41. The highest BCUT2D eigenvalue weighted by atomic mass is 35.5. The third-order valence-electron chi connectivity index (χ3n) is 3.80. The van der Waals surface area contributed by atoms with E-state index in [2.05, 4.69) is 10.00 Å². The number of nitrogens with zero attached hydrogens (tertiary/aromatic N) is 3. The summed E-state index contributed by atoms with van der Waals surface area (Å²) in [7, 11) is 1.93. The number of ketones is 1. The van der Waals surface area contributed by atoms with E-state index >= 15 is 0 Å². The molecular formula is C13H20ClN3O. The van der Waals surface area contributed by atoms with Crippen molar-refractivity contribution in [3.63, 3.8) is 0 Å². The third-order valence-corrected chi connectivity index (χ3v) is 4.29. The van der Waals surface area contributed by atoms with E-state index in [0.29, 0.717) is 5.78 Å². The minimum absolute atomic E-state index is 0.255. The summed E-state index contributed by atoms with van der Waals surface area (Å²) >= 11 is 6.25. The van der Waals surface area contributed by atoms with Gasteiger partial charge in [-0.05, 0) is 39.8 Å². The molecule has 2 heterocycles. The Morgan fingerprint density at radius 3 is 2.50 bits per heavy atom. The van der Waals surface area contributed by atoms with Crippen molar-refractivity contribution >= 4 is 17.4 Å². The summed E-state index contributed by atoms with van der Waals surface area (Å²) in [5.74, 6) is 0.578. The maximum Gasteiger partial charge on any atom is 0.133 e. The van der Waals surface area contributed by atoms with E-state index in [1.54, 1.807) is 6.92 Å². The highest BCUT2D eigenvalue weighted by molar-refractivity contribution is 6.31. The van der Waals surface area contributed by atoms with Crippen molar-refractivity contribution in [1.82, 2.24) is 14.7 Å². The van der Waals surface area contributed by atoms with Crippen molar-refractivity contribution in [2.24, 2.45) is 13.0 Å². The fraction of sp³-hybridized carbons (Fsp3) is 0.692. The van der Waals surface area contributed by atoms with Gasteiger partial charge < -0.3 is 0 Å². The number of rotatable bonds is 3. The van der Waals surface area contributed by atoms with Gasteiger partial charge in [-0.15, -0.1) is 0 Å². The van der Waals surface area contributed by atoms with Crippen LogP contribution in [0.15, 0.2) is 0 Å². The number of piperidine rings is 1. The van der Waals surface area contributed by atoms with Gasteiger partial charge in [0.1, 0.15) is 5.78 Å². The fourth-order valence-electron chi connectivity index (χ4n) is 2.56. The number of hydrogen-bond acceptors (Lipinski definition) is 3. The summed E-state index contributed by atoms with van der Waals surface area (Å²) < 4.78 is 1.86. The van der Waals surface area contributed by atoms with Gasteiger partial charge in [0.05, 0.1) is 16.4 Å². The van der Waals surface area contributed by atoms with Gasteiger partial charge in [0, 0.05) is 19.5 Å². The maximum atomic E-state index is 11.3. The molecule has 0 aliphatic carbocycles. The standard InChI is InChI=1S/C13H20ClN3O/c1-9-13(14)12(16(3)15-9)8-17-6-4-11(5-7-17)10(2)18/h11H,4-8H2,1-3H3. The number of aromatic nitrogens is 2. The van der Waals surface area contributed by atoms with Crippen molar-refractivity contribution in [2.75, 3.05) is 13.1 Å². The molecule has 1 aliphatic rings. The largest absolute Gasteiger partial charge is 0.300 e. The minimum Gasteiger partial charge on any atom is -0.300 e. The van der Waals surface area contributed by atoms with Gasteiger partial charge in [0.15, 0.2) is 0 Å². The Bertz CT molecular complexity index is 447. The summed E-state index contributed by atoms with van der Waals surface area (Å²) in [6.07, 6.45) is 1.92. The van der Waals surface area contributed by atoms with Crippen LogP contribution in [0.4, 0.5) is 0 Å². The number of carbonyl (C=O) groups is 1. The molecule has 0 amide bonds. The van der Waals surface area contributed by atoms with Gasteiger partial charge in [-0.25, -0.2) is 0 Å². The molecule has 1 aromatic heterocycles. The maximum absolute atomic E-state index is 11.3. The average Bonchev–Trinajstić information content (AvgIpc) is 2.57. The van der Waals surface area contributed by atoms with Crippen molar-refractivity contribution in [3.05, 3.63) is 16.4 Å². The smallest absolute Gasteiger partial charge is 0.133 e. The number of Topliss-reactive ketones (excluding diaryl/α,β-unsaturated/α-hetero) is 1. The van der Waals surface area contributed by atoms with E-state index in [-0.39, 0.29) is 5.92 Å². The predicted octanol–water partition coefficient (Wildman–Crippen LogP) is 2.18. The van der Waals surface area contributed by atoms with E-state index in [4.69, 9.17) is 11.6 Å². The summed E-state index contributed by atoms with van der Waals surface area (Å²) in [4.78, 5) is 13.7. The van der Waals surface area contributed by atoms with E-state index in [1.165, 1.54) is 0 Å². The van der Waals surface area contributed by atoms with E-state index in [1.807, 2.05) is 18.7 Å². The lowest BCUT2D eigenvalue weighted by atomic mass is 9.93. The lowest BCUT2D eigenvalue weighted by molar-refractivity contribution is -0.122. The second-order valence-corrected chi connectivity index (χ2v) is 5.51. The second-order valence-electron chi connectivity index (χ2n) is 5.13. The van der Waals surface area contributed by atoms with Crippen LogP contribution in [-0.2, 0) is 18.4 Å². The molecule has 1 fully saturated rings. The van der Waals surface area contributed by atoms with Crippen LogP contribution in [0.3, 0.4) is 0 Å². The number of hydrogen-bond donors (Lipinski definition) is 0. The number of likely N-dealkylation sites (tertiary alicyclic amines) is 1. The third kappa shape index (κ3) is 2.75. The lowest BCUT2D eigenvalue weighted by Crippen LogP contribution is -2.35. The monoisotopic (exact) mass is 269 g/mol. The lowest BCUT2D eigenvalue weighted by Gasteiger charge is -2.30. The summed E-state index contributed by atoms with van der Waals surface area (Å²) in [5.41, 5.74) is 1.95. The first-order chi connectivity index (χ1) is 8.49. The zero-order valence-corrected chi connectivity index (χ0v) is 12.0. The van der Waals surface area contributed by atoms with Gasteiger partial charge in [-0.2, -0.15) is 5.10 Å². The van der Waals surface area contributed by atoms with Gasteiger partial charge in [-0.3, -0.25) is 14.4 Å². The van der Waals surface area contributed by atoms with Gasteiger partial charge >= 0.3 is 0 Å². The first kappa shape index (κ1) is 13.6. The first-order valence-corrected chi connectivity index (χ1v) is 6.77. The van der Waals surface area contributed by atoms with Gasteiger partial charge in [0.25, 0.3) is 0 Å². The van der Waals surface area contributed by atoms with Crippen LogP contribution >= 0.6 is 11.6 Å². The van der Waals surface area contributed by atoms with Crippen LogP contribution in [0, 0.1) is 12.8 Å². The number of aryl methyl sites for hydroxylation is 2. The molecule has 0 aromatic carbocycles. The van der Waals surface area contributed by atoms with Crippen molar-refractivity contribution in [1.29, 1.82) is 0 Å². The molecule has 2 rings (SSSR count). The van der Waals surface area contributed by atoms with Crippen LogP contribution in [0.1, 0.15) is 31.2 Å². The molecule has 1 aromatic rings. The van der Waals surface area contributed by atoms with Crippen LogP contribution in [0.5, 0.6) is 0 Å². The topological polar surface area (TPSA) is 38.1 Å². The summed E-state index contributed by atoms with van der Waals surface area (Å²) in [6.45, 7) is 6.37. The molecule has 4 nitrogen and oxygen atoms in total. The molecule has 1 aliphatic heterocycles. The molecule has 5 heteroatoms. The normalized spacial score (nSPS) is 18.2. The van der Waals surface area contributed by atoms with Crippen molar-refractivity contribution < 1.29 is 4.79 Å². The summed E-state index contributed by atoms with van der Waals surface area (Å²) in [6, 6.07) is 0. The highest BCUT2D eigenvalue weighted by Crippen LogP contribution is 2.24. The summed E-state index contributed by atoms with van der Waals surface area (Å²) in [5, 5.41) is 5.09. The predicted molar refractivity (Wildman–Crippen MR) is 71.6 cm³/mol. The Hall–Kier alpha value is -0.870. The Balaban J connectivity index is 1.97. The number of halogens is 1. The van der Waals surface area contributed by atoms with Crippen LogP contribution in [-0.4, -0.2) is 33.6 Å². The quantitative estimate of drug-likeness (QED) is 0.844. The average molecular weight is 270 g/mol. The Morgan fingerprint density at radius 2 is 2.06 bits per heavy atom. The minimum atomic E-state index is 0.255. The Labute approximate surface area is 113 Å². The van der Waals surface area contributed by atoms with Crippen molar-refractivity contribution in [2.45, 2.75) is 33.2 Å². The SMILES string of the molecule is CC(=O)C1CCN(Cc2c(Cl)c(C)nn2C)CC1. The molecule has 0 bridgehead atoms. The molecule has 0 unspecified atom stereocenters. The van der Waals surface area contributed by atoms with Crippen molar-refractivity contribution in [3.8, 4) is 0 Å². The molecule has 100 valence electrons. The molecule has 0 atom stereocenters. The molecule has 0 radical (unpaired) electrons. The zero-order valence-electron chi connectivity index (χ0n) is 11.2. The van der Waals surface area contributed by atoms with E-state index in [9.17, 15) is 4.79 Å². The molecule has 0 saturated carbocycles. The van der Waals surface area contributed by atoms with E-state index < -0.39 is 0 Å². The van der Waals surface area contributed by atoms with Gasteiger partial charge in [0.2, 0.25) is 0 Å². The van der Waals surface area contributed by atoms with Crippen LogP contribution < -0.4 is 0 Å². The molecular weight excluding hydrogens is 250 g/mol. The van der Waals surface area contributed by atoms with Gasteiger partial charge in [-0.1, -0.05) is 11.6 Å². The van der Waals surface area contributed by atoms with E-state index in [0.717, 1.165) is 48.9 Å². The molecule has 18 heavy (non-hydrogen) atoms. The van der Waals surface area contributed by atoms with Crippen LogP contribution in [0.25, 0.3) is 0 Å². The zero-order chi connectivity index (χ0) is 13.3. The van der Waals surface area contributed by atoms with Crippen LogP contribution in [0.2, 0.25) is 5.02 Å². The molecule has 0 N–H and O–H groups in total. The Morgan fingerprint density at radius 1 is 1.44 bits per heavy atom. The first-order valence-electron chi connectivity index (χ1n) is 6.39. The number of carbonyl (C=O) groups excluding carboxylic acids is 1. The highest BCUT2D eigenvalue weighted by Gasteiger charge is 2.23. The fourth-order valence-corrected chi connectivity index (χ4v) is 2.78.